The standard InChI is InChI=1S/C27H30N2O4/c1-33-21-11-5-10-20(16-21)26(31)18-29(17-19-8-3-2-4-9-19)27(32)28-24-14-6-13-23-22(24)12-7-15-25(23)30/h2-5,7-12,15-16,24,26,30-31H,6,13-14,17-18H2,1H3,(H,28,32). The van der Waals surface area contributed by atoms with Crippen molar-refractivity contribution in [3.63, 3.8) is 0 Å². The molecular weight excluding hydrogens is 416 g/mol. The van der Waals surface area contributed by atoms with E-state index in [4.69, 9.17) is 4.74 Å². The van der Waals surface area contributed by atoms with Crippen LogP contribution in [-0.2, 0) is 13.0 Å². The summed E-state index contributed by atoms with van der Waals surface area (Å²) in [6.07, 6.45) is 1.63. The SMILES string of the molecule is COc1cccc(C(O)CN(Cc2ccccc2)C(=O)NC2CCCc3c(O)cccc32)c1. The number of fused-ring (bicyclic) bond motifs is 1. The summed E-state index contributed by atoms with van der Waals surface area (Å²) in [6.45, 7) is 0.501. The van der Waals surface area contributed by atoms with E-state index in [-0.39, 0.29) is 24.4 Å². The lowest BCUT2D eigenvalue weighted by molar-refractivity contribution is 0.116. The van der Waals surface area contributed by atoms with Gasteiger partial charge < -0.3 is 25.2 Å². The molecule has 0 radical (unpaired) electrons. The molecule has 3 aromatic carbocycles. The van der Waals surface area contributed by atoms with Crippen molar-refractivity contribution in [3.05, 3.63) is 95.1 Å². The second-order valence-electron chi connectivity index (χ2n) is 8.40. The zero-order valence-electron chi connectivity index (χ0n) is 18.8. The number of carbonyl (C=O) groups excluding carboxylic acids is 1. The fourth-order valence-electron chi connectivity index (χ4n) is 4.41. The summed E-state index contributed by atoms with van der Waals surface area (Å²) < 4.78 is 5.27. The normalized spacial score (nSPS) is 15.9. The molecule has 2 unspecified atom stereocenters. The number of ether oxygens (including phenoxy) is 1. The Kier molecular flexibility index (Phi) is 7.15. The summed E-state index contributed by atoms with van der Waals surface area (Å²) in [4.78, 5) is 15.1. The summed E-state index contributed by atoms with van der Waals surface area (Å²) in [5, 5.41) is 24.3. The minimum atomic E-state index is -0.864. The monoisotopic (exact) mass is 446 g/mol. The fourth-order valence-corrected chi connectivity index (χ4v) is 4.41. The highest BCUT2D eigenvalue weighted by Gasteiger charge is 2.27. The molecule has 6 heteroatoms. The summed E-state index contributed by atoms with van der Waals surface area (Å²) in [5.74, 6) is 0.935. The fraction of sp³-hybridized carbons (Fsp3) is 0.296. The highest BCUT2D eigenvalue weighted by Crippen LogP contribution is 2.35. The number of rotatable bonds is 7. The molecule has 0 aliphatic heterocycles. The van der Waals surface area contributed by atoms with Crippen molar-refractivity contribution >= 4 is 6.03 Å². The van der Waals surface area contributed by atoms with Gasteiger partial charge in [-0.1, -0.05) is 54.6 Å². The molecule has 0 aromatic heterocycles. The molecule has 2 amide bonds. The molecular formula is C27H30N2O4. The van der Waals surface area contributed by atoms with Gasteiger partial charge in [-0.3, -0.25) is 0 Å². The highest BCUT2D eigenvalue weighted by atomic mass is 16.5. The molecule has 0 spiro atoms. The maximum Gasteiger partial charge on any atom is 0.318 e. The van der Waals surface area contributed by atoms with Crippen molar-refractivity contribution in [2.45, 2.75) is 38.0 Å². The van der Waals surface area contributed by atoms with Crippen molar-refractivity contribution in [2.75, 3.05) is 13.7 Å². The number of hydrogen-bond donors (Lipinski definition) is 3. The van der Waals surface area contributed by atoms with E-state index in [1.807, 2.05) is 60.7 Å². The Morgan fingerprint density at radius 2 is 1.91 bits per heavy atom. The molecule has 1 aliphatic carbocycles. The van der Waals surface area contributed by atoms with E-state index in [0.29, 0.717) is 17.9 Å². The van der Waals surface area contributed by atoms with E-state index < -0.39 is 6.10 Å². The van der Waals surface area contributed by atoms with E-state index in [0.717, 1.165) is 36.0 Å². The predicted octanol–water partition coefficient (Wildman–Crippen LogP) is 4.72. The maximum absolute atomic E-state index is 13.4. The quantitative estimate of drug-likeness (QED) is 0.490. The minimum absolute atomic E-state index is 0.132. The van der Waals surface area contributed by atoms with Crippen LogP contribution in [0.15, 0.2) is 72.8 Å². The lowest BCUT2D eigenvalue weighted by atomic mass is 9.87. The Labute approximate surface area is 194 Å². The Morgan fingerprint density at radius 3 is 2.70 bits per heavy atom. The number of benzene rings is 3. The zero-order valence-corrected chi connectivity index (χ0v) is 18.8. The van der Waals surface area contributed by atoms with E-state index in [1.54, 1.807) is 24.1 Å². The molecule has 2 atom stereocenters. The Balaban J connectivity index is 1.54. The average Bonchev–Trinajstić information content (AvgIpc) is 2.85. The molecule has 33 heavy (non-hydrogen) atoms. The molecule has 0 saturated heterocycles. The number of nitrogens with one attached hydrogen (secondary N) is 1. The van der Waals surface area contributed by atoms with Gasteiger partial charge in [0.25, 0.3) is 0 Å². The van der Waals surface area contributed by atoms with Crippen LogP contribution in [0.3, 0.4) is 0 Å². The molecule has 0 saturated carbocycles. The van der Waals surface area contributed by atoms with Gasteiger partial charge in [0.2, 0.25) is 0 Å². The summed E-state index contributed by atoms with van der Waals surface area (Å²) >= 11 is 0. The van der Waals surface area contributed by atoms with Crippen LogP contribution >= 0.6 is 0 Å². The first kappa shape index (κ1) is 22.7. The third-order valence-corrected chi connectivity index (χ3v) is 6.16. The summed E-state index contributed by atoms with van der Waals surface area (Å²) in [7, 11) is 1.58. The number of hydrogen-bond acceptors (Lipinski definition) is 4. The molecule has 0 fully saturated rings. The number of urea groups is 1. The molecule has 4 rings (SSSR count). The van der Waals surface area contributed by atoms with Gasteiger partial charge in [-0.15, -0.1) is 0 Å². The number of methoxy groups -OCH3 is 1. The number of aliphatic hydroxyl groups excluding tert-OH is 1. The van der Waals surface area contributed by atoms with Crippen molar-refractivity contribution in [2.24, 2.45) is 0 Å². The van der Waals surface area contributed by atoms with E-state index in [2.05, 4.69) is 5.32 Å². The van der Waals surface area contributed by atoms with Crippen molar-refractivity contribution in [1.29, 1.82) is 0 Å². The van der Waals surface area contributed by atoms with Gasteiger partial charge in [0.15, 0.2) is 0 Å². The van der Waals surface area contributed by atoms with Crippen molar-refractivity contribution < 1.29 is 19.7 Å². The first-order valence-electron chi connectivity index (χ1n) is 11.3. The Hall–Kier alpha value is -3.51. The van der Waals surface area contributed by atoms with Gasteiger partial charge in [-0.25, -0.2) is 4.79 Å². The number of aliphatic hydroxyl groups is 1. The summed E-state index contributed by atoms with van der Waals surface area (Å²) in [5.41, 5.74) is 3.53. The first-order valence-corrected chi connectivity index (χ1v) is 11.3. The van der Waals surface area contributed by atoms with Crippen LogP contribution in [0.1, 0.15) is 47.2 Å². The van der Waals surface area contributed by atoms with E-state index in [1.165, 1.54) is 0 Å². The molecule has 3 N–H and O–H groups in total. The number of nitrogens with zero attached hydrogens (tertiary/aromatic N) is 1. The van der Waals surface area contributed by atoms with Crippen LogP contribution in [0.2, 0.25) is 0 Å². The smallest absolute Gasteiger partial charge is 0.318 e. The minimum Gasteiger partial charge on any atom is -0.508 e. The van der Waals surface area contributed by atoms with Gasteiger partial charge in [0, 0.05) is 6.54 Å². The van der Waals surface area contributed by atoms with Gasteiger partial charge in [-0.05, 0) is 59.7 Å². The topological polar surface area (TPSA) is 82.0 Å². The van der Waals surface area contributed by atoms with E-state index >= 15 is 0 Å². The highest BCUT2D eigenvalue weighted by molar-refractivity contribution is 5.75. The third-order valence-electron chi connectivity index (χ3n) is 6.16. The number of amides is 2. The van der Waals surface area contributed by atoms with Crippen LogP contribution in [0.4, 0.5) is 4.79 Å². The number of phenolic OH excluding ortho intramolecular Hbond substituents is 1. The third kappa shape index (κ3) is 5.46. The van der Waals surface area contributed by atoms with Gasteiger partial charge in [0.1, 0.15) is 11.5 Å². The predicted molar refractivity (Wildman–Crippen MR) is 127 cm³/mol. The zero-order chi connectivity index (χ0) is 23.2. The molecule has 0 heterocycles. The Morgan fingerprint density at radius 1 is 1.12 bits per heavy atom. The average molecular weight is 447 g/mol. The largest absolute Gasteiger partial charge is 0.508 e. The van der Waals surface area contributed by atoms with Gasteiger partial charge in [-0.2, -0.15) is 0 Å². The number of aromatic hydroxyl groups is 1. The second-order valence-corrected chi connectivity index (χ2v) is 8.40. The molecule has 1 aliphatic rings. The van der Waals surface area contributed by atoms with Crippen LogP contribution in [0, 0.1) is 0 Å². The van der Waals surface area contributed by atoms with Crippen LogP contribution in [0.5, 0.6) is 11.5 Å². The number of carbonyl (C=O) groups is 1. The number of phenols is 1. The van der Waals surface area contributed by atoms with Crippen LogP contribution < -0.4 is 10.1 Å². The first-order chi connectivity index (χ1) is 16.0. The molecule has 3 aromatic rings. The Bertz CT molecular complexity index is 1090. The van der Waals surface area contributed by atoms with Gasteiger partial charge in [0.05, 0.1) is 25.8 Å². The van der Waals surface area contributed by atoms with Crippen LogP contribution in [0.25, 0.3) is 0 Å². The maximum atomic E-state index is 13.4. The van der Waals surface area contributed by atoms with Crippen LogP contribution in [-0.4, -0.2) is 34.8 Å². The molecule has 172 valence electrons. The summed E-state index contributed by atoms with van der Waals surface area (Å²) in [6, 6.07) is 22.0. The molecule has 6 nitrogen and oxygen atoms in total. The lowest BCUT2D eigenvalue weighted by Crippen LogP contribution is -2.43. The lowest BCUT2D eigenvalue weighted by Gasteiger charge is -2.31. The van der Waals surface area contributed by atoms with E-state index in [9.17, 15) is 15.0 Å². The van der Waals surface area contributed by atoms with Crippen molar-refractivity contribution in [1.82, 2.24) is 10.2 Å². The van der Waals surface area contributed by atoms with Crippen molar-refractivity contribution in [3.8, 4) is 11.5 Å². The molecule has 0 bridgehead atoms. The second kappa shape index (κ2) is 10.4. The van der Waals surface area contributed by atoms with Gasteiger partial charge >= 0.3 is 6.03 Å².